The van der Waals surface area contributed by atoms with Gasteiger partial charge in [-0.15, -0.1) is 0 Å². The van der Waals surface area contributed by atoms with Crippen molar-refractivity contribution in [2.75, 3.05) is 63.9 Å². The van der Waals surface area contributed by atoms with Crippen LogP contribution in [0.1, 0.15) is 53.3 Å². The number of piperazine rings is 1. The van der Waals surface area contributed by atoms with Gasteiger partial charge in [-0.05, 0) is 67.1 Å². The number of ether oxygens (including phenoxy) is 1. The van der Waals surface area contributed by atoms with Crippen LogP contribution in [-0.2, 0) is 30.4 Å². The Kier molecular flexibility index (Phi) is 16.3. The van der Waals surface area contributed by atoms with Crippen molar-refractivity contribution >= 4 is 41.4 Å². The van der Waals surface area contributed by atoms with Crippen LogP contribution in [0.3, 0.4) is 0 Å². The third-order valence-electron chi connectivity index (χ3n) is 9.68. The van der Waals surface area contributed by atoms with Crippen LogP contribution in [0.5, 0.6) is 5.75 Å². The lowest BCUT2D eigenvalue weighted by atomic mass is 9.95. The van der Waals surface area contributed by atoms with E-state index in [1.807, 2.05) is 76.5 Å². The van der Waals surface area contributed by atoms with E-state index >= 15 is 0 Å². The first-order chi connectivity index (χ1) is 26.8. The topological polar surface area (TPSA) is 226 Å². The van der Waals surface area contributed by atoms with Crippen molar-refractivity contribution in [1.82, 2.24) is 14.7 Å². The molecule has 3 aliphatic rings. The monoisotopic (exact) mass is 776 g/mol. The maximum atomic E-state index is 13.2. The molecule has 1 atom stereocenters. The molecule has 0 spiro atoms. The number of aliphatic hydroxyl groups is 1. The molecular formula is C40H48N4O12. The molecule has 0 aromatic heterocycles. The molecule has 2 amide bonds. The summed E-state index contributed by atoms with van der Waals surface area (Å²) in [5.74, 6) is -6.28. The standard InChI is InChI=1S/C36H44N4O4.2C2H2O4/c41-34(29-8-2-1-3-9-29)27-38-24-22-37(23-25-38)19-6-26-44-32-14-11-30(12-15-32)36(43)39-20-17-31(18-21-39)40-33-10-5-4-7-28(33)13-16-35(40)42;2*3-1(4)2(5)6/h1-5,7-12,14-15,31,34,41H,6,13,16-27H2;2*(H,3,4)(H,5,6). The molecule has 0 saturated carbocycles. The number of fused-ring (bicyclic) bond motifs is 1. The number of aryl methyl sites for hydroxylation is 1. The number of carbonyl (C=O) groups excluding carboxylic acids is 2. The number of likely N-dealkylation sites (tertiary alicyclic amines) is 1. The van der Waals surface area contributed by atoms with Crippen molar-refractivity contribution in [1.29, 1.82) is 0 Å². The second-order valence-corrected chi connectivity index (χ2v) is 13.4. The van der Waals surface area contributed by atoms with Gasteiger partial charge < -0.3 is 45.0 Å². The normalized spacial score (nSPS) is 16.6. The molecule has 5 N–H and O–H groups in total. The average molecular weight is 777 g/mol. The molecule has 3 aromatic rings. The predicted octanol–water partition coefficient (Wildman–Crippen LogP) is 2.70. The largest absolute Gasteiger partial charge is 0.494 e. The van der Waals surface area contributed by atoms with E-state index in [0.717, 1.165) is 75.4 Å². The third-order valence-corrected chi connectivity index (χ3v) is 9.68. The summed E-state index contributed by atoms with van der Waals surface area (Å²) in [7, 11) is 0. The highest BCUT2D eigenvalue weighted by molar-refractivity contribution is 6.27. The fourth-order valence-corrected chi connectivity index (χ4v) is 6.76. The number of amides is 2. The Morgan fingerprint density at radius 1 is 0.679 bits per heavy atom. The second-order valence-electron chi connectivity index (χ2n) is 13.4. The minimum atomic E-state index is -1.82. The Morgan fingerprint density at radius 2 is 1.23 bits per heavy atom. The highest BCUT2D eigenvalue weighted by Crippen LogP contribution is 2.32. The number of hydrogen-bond donors (Lipinski definition) is 5. The SMILES string of the molecule is O=C(O)C(=O)O.O=C(O)C(=O)O.O=C(c1ccc(OCCCN2CCN(CC(O)c3ccccc3)CC2)cc1)N1CCC(N2C(=O)CCc3ccccc32)CC1. The van der Waals surface area contributed by atoms with Crippen molar-refractivity contribution in [3.05, 3.63) is 95.6 Å². The molecular weight excluding hydrogens is 728 g/mol. The summed E-state index contributed by atoms with van der Waals surface area (Å²) in [6, 6.07) is 25.7. The Bertz CT molecular complexity index is 1740. The lowest BCUT2D eigenvalue weighted by Gasteiger charge is -2.41. The molecule has 300 valence electrons. The van der Waals surface area contributed by atoms with Crippen LogP contribution in [0, 0.1) is 0 Å². The number of piperidine rings is 1. The summed E-state index contributed by atoms with van der Waals surface area (Å²) in [6.45, 7) is 7.50. The van der Waals surface area contributed by atoms with Crippen LogP contribution in [0.25, 0.3) is 0 Å². The first-order valence-electron chi connectivity index (χ1n) is 18.4. The van der Waals surface area contributed by atoms with E-state index in [4.69, 9.17) is 44.3 Å². The van der Waals surface area contributed by atoms with Gasteiger partial charge in [0.05, 0.1) is 12.7 Å². The molecule has 56 heavy (non-hydrogen) atoms. The number of hydrogen-bond acceptors (Lipinski definition) is 10. The van der Waals surface area contributed by atoms with E-state index in [0.29, 0.717) is 38.2 Å². The number of nitrogens with zero attached hydrogens (tertiary/aromatic N) is 4. The van der Waals surface area contributed by atoms with E-state index in [1.54, 1.807) is 0 Å². The van der Waals surface area contributed by atoms with Crippen molar-refractivity contribution in [2.24, 2.45) is 0 Å². The number of aliphatic carboxylic acids is 4. The molecule has 1 unspecified atom stereocenters. The lowest BCUT2D eigenvalue weighted by Crippen LogP contribution is -2.50. The zero-order valence-corrected chi connectivity index (χ0v) is 30.9. The van der Waals surface area contributed by atoms with Crippen molar-refractivity contribution in [3.8, 4) is 5.75 Å². The van der Waals surface area contributed by atoms with Gasteiger partial charge in [-0.2, -0.15) is 0 Å². The van der Waals surface area contributed by atoms with Crippen molar-refractivity contribution in [2.45, 2.75) is 44.2 Å². The maximum absolute atomic E-state index is 13.2. The van der Waals surface area contributed by atoms with Gasteiger partial charge in [-0.3, -0.25) is 14.5 Å². The number of carboxylic acid groups (broad SMARTS) is 4. The number of aliphatic hydroxyl groups excluding tert-OH is 1. The number of β-amino-alcohol motifs (C(OH)–C–C–N with tert-alkyl or cyclic N) is 1. The van der Waals surface area contributed by atoms with E-state index in [2.05, 4.69) is 21.9 Å². The molecule has 3 heterocycles. The van der Waals surface area contributed by atoms with Crippen LogP contribution >= 0.6 is 0 Å². The number of rotatable bonds is 10. The van der Waals surface area contributed by atoms with Gasteiger partial charge >= 0.3 is 23.9 Å². The van der Waals surface area contributed by atoms with Crippen LogP contribution in [0.2, 0.25) is 0 Å². The van der Waals surface area contributed by atoms with E-state index in [-0.39, 0.29) is 17.9 Å². The molecule has 6 rings (SSSR count). The zero-order valence-electron chi connectivity index (χ0n) is 30.9. The molecule has 2 fully saturated rings. The average Bonchev–Trinajstić information content (AvgIpc) is 3.21. The first-order valence-corrected chi connectivity index (χ1v) is 18.4. The summed E-state index contributed by atoms with van der Waals surface area (Å²) in [5.41, 5.74) is 3.93. The van der Waals surface area contributed by atoms with Crippen LogP contribution in [0.4, 0.5) is 5.69 Å². The minimum absolute atomic E-state index is 0.0378. The van der Waals surface area contributed by atoms with E-state index in [1.165, 1.54) is 5.56 Å². The smallest absolute Gasteiger partial charge is 0.414 e. The first kappa shape index (κ1) is 42.9. The molecule has 16 heteroatoms. The van der Waals surface area contributed by atoms with Crippen LogP contribution in [0.15, 0.2) is 78.9 Å². The highest BCUT2D eigenvalue weighted by atomic mass is 16.5. The van der Waals surface area contributed by atoms with Gasteiger partial charge in [-0.25, -0.2) is 19.2 Å². The van der Waals surface area contributed by atoms with Crippen LogP contribution in [-0.4, -0.2) is 141 Å². The molecule has 2 saturated heterocycles. The molecule has 0 bridgehead atoms. The molecule has 3 aliphatic heterocycles. The number of anilines is 1. The molecule has 0 aliphatic carbocycles. The van der Waals surface area contributed by atoms with E-state index < -0.39 is 30.0 Å². The Balaban J connectivity index is 0.000000505. The predicted molar refractivity (Wildman–Crippen MR) is 203 cm³/mol. The highest BCUT2D eigenvalue weighted by Gasteiger charge is 2.33. The maximum Gasteiger partial charge on any atom is 0.414 e. The van der Waals surface area contributed by atoms with Gasteiger partial charge in [0.15, 0.2) is 0 Å². The van der Waals surface area contributed by atoms with Gasteiger partial charge in [0.2, 0.25) is 5.91 Å². The Morgan fingerprint density at radius 3 is 1.82 bits per heavy atom. The summed E-state index contributed by atoms with van der Waals surface area (Å²) in [4.78, 5) is 71.1. The Labute approximate surface area is 324 Å². The summed E-state index contributed by atoms with van der Waals surface area (Å²) in [5, 5.41) is 40.1. The molecule has 0 radical (unpaired) electrons. The number of carbonyl (C=O) groups is 6. The van der Waals surface area contributed by atoms with Crippen molar-refractivity contribution in [3.63, 3.8) is 0 Å². The Hall–Kier alpha value is -5.84. The fraction of sp³-hybridized carbons (Fsp3) is 0.400. The minimum Gasteiger partial charge on any atom is -0.494 e. The quantitative estimate of drug-likeness (QED) is 0.148. The third kappa shape index (κ3) is 12.9. The van der Waals surface area contributed by atoms with Crippen LogP contribution < -0.4 is 9.64 Å². The number of benzene rings is 3. The molecule has 3 aromatic carbocycles. The molecule has 16 nitrogen and oxygen atoms in total. The summed E-state index contributed by atoms with van der Waals surface area (Å²) in [6.07, 6.45) is 3.44. The van der Waals surface area contributed by atoms with Crippen molar-refractivity contribution < 1.29 is 59.0 Å². The second kappa shape index (κ2) is 21.3. The van der Waals surface area contributed by atoms with Gasteiger partial charge in [0.1, 0.15) is 5.75 Å². The number of para-hydroxylation sites is 1. The van der Waals surface area contributed by atoms with E-state index in [9.17, 15) is 14.7 Å². The zero-order chi connectivity index (χ0) is 40.6. The lowest BCUT2D eigenvalue weighted by molar-refractivity contribution is -0.159. The van der Waals surface area contributed by atoms with Gasteiger partial charge in [0, 0.05) is 76.1 Å². The summed E-state index contributed by atoms with van der Waals surface area (Å²) < 4.78 is 5.99. The van der Waals surface area contributed by atoms with Gasteiger partial charge in [-0.1, -0.05) is 48.5 Å². The van der Waals surface area contributed by atoms with Gasteiger partial charge in [0.25, 0.3) is 5.91 Å². The fourth-order valence-electron chi connectivity index (χ4n) is 6.76. The number of carboxylic acids is 4. The summed E-state index contributed by atoms with van der Waals surface area (Å²) >= 11 is 0.